The summed E-state index contributed by atoms with van der Waals surface area (Å²) in [6, 6.07) is 0. The van der Waals surface area contributed by atoms with E-state index < -0.39 is 0 Å². The summed E-state index contributed by atoms with van der Waals surface area (Å²) in [5, 5.41) is 8.37. The Labute approximate surface area is 78.2 Å². The molecule has 0 unspecified atom stereocenters. The molecule has 0 aliphatic heterocycles. The van der Waals surface area contributed by atoms with Crippen LogP contribution in [0.1, 0.15) is 12.8 Å². The van der Waals surface area contributed by atoms with Crippen LogP contribution in [-0.4, -0.2) is 38.0 Å². The molecule has 0 aromatic carbocycles. The number of carbonyl (C=O) groups is 1. The van der Waals surface area contributed by atoms with Crippen molar-refractivity contribution in [3.8, 4) is 0 Å². The van der Waals surface area contributed by atoms with Crippen molar-refractivity contribution in [1.29, 1.82) is 0 Å². The molecule has 13 heavy (non-hydrogen) atoms. The fourth-order valence-electron chi connectivity index (χ4n) is 0.738. The highest BCUT2D eigenvalue weighted by atomic mass is 16.5. The first-order valence-corrected chi connectivity index (χ1v) is 4.30. The third-order valence-corrected chi connectivity index (χ3v) is 1.30. The van der Waals surface area contributed by atoms with Crippen LogP contribution < -0.4 is 0 Å². The molecule has 0 fully saturated rings. The standard InChI is InChI=1S/C9H16O4/c10-5-8-12-6-3-1-2-4-7-13-9-11/h1-2,9-10H,3-8H2/b2-1-. The Morgan fingerprint density at radius 3 is 2.38 bits per heavy atom. The van der Waals surface area contributed by atoms with Gasteiger partial charge >= 0.3 is 0 Å². The van der Waals surface area contributed by atoms with E-state index in [-0.39, 0.29) is 6.61 Å². The number of carbonyl (C=O) groups excluding carboxylic acids is 1. The fourth-order valence-corrected chi connectivity index (χ4v) is 0.738. The molecule has 0 bridgehead atoms. The number of ether oxygens (including phenoxy) is 2. The van der Waals surface area contributed by atoms with Gasteiger partial charge in [-0.1, -0.05) is 12.2 Å². The van der Waals surface area contributed by atoms with Crippen LogP contribution >= 0.6 is 0 Å². The van der Waals surface area contributed by atoms with Gasteiger partial charge in [0.25, 0.3) is 6.47 Å². The lowest BCUT2D eigenvalue weighted by molar-refractivity contribution is -0.128. The number of hydrogen-bond donors (Lipinski definition) is 1. The van der Waals surface area contributed by atoms with Crippen molar-refractivity contribution in [2.45, 2.75) is 12.8 Å². The molecule has 0 amide bonds. The minimum absolute atomic E-state index is 0.0664. The van der Waals surface area contributed by atoms with Crippen molar-refractivity contribution in [3.05, 3.63) is 12.2 Å². The van der Waals surface area contributed by atoms with Gasteiger partial charge in [-0.15, -0.1) is 0 Å². The molecule has 0 saturated heterocycles. The van der Waals surface area contributed by atoms with Crippen LogP contribution in [0.15, 0.2) is 12.2 Å². The van der Waals surface area contributed by atoms with Crippen molar-refractivity contribution < 1.29 is 19.4 Å². The SMILES string of the molecule is O=COCC/C=C\CCOCCO. The minimum Gasteiger partial charge on any atom is -0.468 e. The molecule has 0 rings (SSSR count). The quantitative estimate of drug-likeness (QED) is 0.325. The van der Waals surface area contributed by atoms with E-state index in [2.05, 4.69) is 4.74 Å². The average molecular weight is 188 g/mol. The number of aliphatic hydroxyl groups is 1. The van der Waals surface area contributed by atoms with Crippen molar-refractivity contribution in [1.82, 2.24) is 0 Å². The highest BCUT2D eigenvalue weighted by Crippen LogP contribution is 1.89. The molecule has 0 spiro atoms. The van der Waals surface area contributed by atoms with Gasteiger partial charge in [0.15, 0.2) is 0 Å². The van der Waals surface area contributed by atoms with Gasteiger partial charge in [-0.25, -0.2) is 0 Å². The zero-order chi connectivity index (χ0) is 9.78. The van der Waals surface area contributed by atoms with E-state index in [4.69, 9.17) is 9.84 Å². The predicted octanol–water partition coefficient (Wildman–Crippen LogP) is 0.505. The Hall–Kier alpha value is -0.870. The van der Waals surface area contributed by atoms with Crippen LogP contribution in [0.25, 0.3) is 0 Å². The van der Waals surface area contributed by atoms with Gasteiger partial charge in [0, 0.05) is 0 Å². The molecule has 0 aromatic rings. The minimum atomic E-state index is 0.0664. The maximum Gasteiger partial charge on any atom is 0.293 e. The van der Waals surface area contributed by atoms with Crippen LogP contribution in [-0.2, 0) is 14.3 Å². The number of hydrogen-bond acceptors (Lipinski definition) is 4. The molecule has 4 heteroatoms. The van der Waals surface area contributed by atoms with E-state index in [1.807, 2.05) is 12.2 Å². The van der Waals surface area contributed by atoms with Gasteiger partial charge in [0.05, 0.1) is 26.4 Å². The first kappa shape index (κ1) is 12.1. The van der Waals surface area contributed by atoms with Crippen LogP contribution in [0.5, 0.6) is 0 Å². The van der Waals surface area contributed by atoms with E-state index >= 15 is 0 Å². The zero-order valence-corrected chi connectivity index (χ0v) is 7.65. The Bertz CT molecular complexity index is 134. The van der Waals surface area contributed by atoms with Gasteiger partial charge in [0.2, 0.25) is 0 Å². The van der Waals surface area contributed by atoms with E-state index in [1.165, 1.54) is 0 Å². The molecule has 0 atom stereocenters. The van der Waals surface area contributed by atoms with Crippen molar-refractivity contribution >= 4 is 6.47 Å². The Kier molecular flexibility index (Phi) is 10.4. The van der Waals surface area contributed by atoms with E-state index in [0.717, 1.165) is 12.8 Å². The Balaban J connectivity index is 2.98. The Morgan fingerprint density at radius 2 is 1.77 bits per heavy atom. The average Bonchev–Trinajstić information content (AvgIpc) is 2.16. The van der Waals surface area contributed by atoms with Crippen molar-refractivity contribution in [2.75, 3.05) is 26.4 Å². The van der Waals surface area contributed by atoms with Gasteiger partial charge < -0.3 is 14.6 Å². The highest BCUT2D eigenvalue weighted by Gasteiger charge is 1.84. The molecular formula is C9H16O4. The van der Waals surface area contributed by atoms with Gasteiger partial charge in [-0.2, -0.15) is 0 Å². The van der Waals surface area contributed by atoms with E-state index in [0.29, 0.717) is 26.3 Å². The zero-order valence-electron chi connectivity index (χ0n) is 7.65. The lowest BCUT2D eigenvalue weighted by atomic mass is 10.3. The molecule has 76 valence electrons. The first-order valence-electron chi connectivity index (χ1n) is 4.30. The second kappa shape index (κ2) is 11.1. The predicted molar refractivity (Wildman–Crippen MR) is 48.3 cm³/mol. The summed E-state index contributed by atoms with van der Waals surface area (Å²) in [5.74, 6) is 0. The molecule has 0 aliphatic carbocycles. The monoisotopic (exact) mass is 188 g/mol. The molecule has 0 heterocycles. The molecule has 0 radical (unpaired) electrons. The summed E-state index contributed by atoms with van der Waals surface area (Å²) < 4.78 is 9.50. The van der Waals surface area contributed by atoms with Crippen LogP contribution in [0.3, 0.4) is 0 Å². The number of aliphatic hydroxyl groups excluding tert-OH is 1. The van der Waals surface area contributed by atoms with Crippen LogP contribution in [0, 0.1) is 0 Å². The molecule has 0 aliphatic rings. The first-order chi connectivity index (χ1) is 6.41. The third kappa shape index (κ3) is 11.1. The Morgan fingerprint density at radius 1 is 1.08 bits per heavy atom. The number of rotatable bonds is 9. The maximum absolute atomic E-state index is 9.72. The van der Waals surface area contributed by atoms with E-state index in [1.54, 1.807) is 0 Å². The largest absolute Gasteiger partial charge is 0.468 e. The van der Waals surface area contributed by atoms with Crippen molar-refractivity contribution in [2.24, 2.45) is 0 Å². The van der Waals surface area contributed by atoms with Gasteiger partial charge in [0.1, 0.15) is 0 Å². The van der Waals surface area contributed by atoms with Crippen LogP contribution in [0.2, 0.25) is 0 Å². The smallest absolute Gasteiger partial charge is 0.293 e. The normalized spacial score (nSPS) is 10.5. The van der Waals surface area contributed by atoms with E-state index in [9.17, 15) is 4.79 Å². The maximum atomic E-state index is 9.72. The summed E-state index contributed by atoms with van der Waals surface area (Å²) in [5.41, 5.74) is 0. The molecular weight excluding hydrogens is 172 g/mol. The molecule has 0 saturated carbocycles. The second-order valence-electron chi connectivity index (χ2n) is 2.35. The summed E-state index contributed by atoms with van der Waals surface area (Å²) in [6.07, 6.45) is 5.46. The molecule has 4 nitrogen and oxygen atoms in total. The van der Waals surface area contributed by atoms with Crippen LogP contribution in [0.4, 0.5) is 0 Å². The molecule has 0 aromatic heterocycles. The second-order valence-corrected chi connectivity index (χ2v) is 2.35. The lowest BCUT2D eigenvalue weighted by Gasteiger charge is -1.97. The lowest BCUT2D eigenvalue weighted by Crippen LogP contribution is -1.99. The summed E-state index contributed by atoms with van der Waals surface area (Å²) in [4.78, 5) is 9.72. The van der Waals surface area contributed by atoms with Gasteiger partial charge in [-0.3, -0.25) is 4.79 Å². The fraction of sp³-hybridized carbons (Fsp3) is 0.667. The summed E-state index contributed by atoms with van der Waals surface area (Å²) in [7, 11) is 0. The molecule has 1 N–H and O–H groups in total. The third-order valence-electron chi connectivity index (χ3n) is 1.30. The summed E-state index contributed by atoms with van der Waals surface area (Å²) >= 11 is 0. The van der Waals surface area contributed by atoms with Gasteiger partial charge in [-0.05, 0) is 12.8 Å². The topological polar surface area (TPSA) is 55.8 Å². The highest BCUT2D eigenvalue weighted by molar-refractivity contribution is 5.36. The summed E-state index contributed by atoms with van der Waals surface area (Å²) in [6.45, 7) is 1.94. The van der Waals surface area contributed by atoms with Crippen molar-refractivity contribution in [3.63, 3.8) is 0 Å².